The largest absolute Gasteiger partial charge is 0.494 e. The SMILES string of the molecule is CCCC#COc1ccc(OCCCCCCCCCCC)cc1. The van der Waals surface area contributed by atoms with Crippen LogP contribution >= 0.6 is 0 Å². The maximum atomic E-state index is 5.77. The van der Waals surface area contributed by atoms with Crippen LogP contribution in [0.1, 0.15) is 84.5 Å². The van der Waals surface area contributed by atoms with Crippen molar-refractivity contribution in [2.24, 2.45) is 0 Å². The predicted molar refractivity (Wildman–Crippen MR) is 102 cm³/mol. The molecule has 1 aromatic carbocycles. The average Bonchev–Trinajstić information content (AvgIpc) is 2.61. The molecule has 2 nitrogen and oxygen atoms in total. The molecule has 134 valence electrons. The highest BCUT2D eigenvalue weighted by molar-refractivity contribution is 5.32. The summed E-state index contributed by atoms with van der Waals surface area (Å²) in [5.41, 5.74) is 0. The normalized spacial score (nSPS) is 10.1. The molecular formula is C22H34O2. The lowest BCUT2D eigenvalue weighted by Crippen LogP contribution is -1.97. The molecule has 0 aromatic heterocycles. The molecule has 0 aliphatic heterocycles. The molecule has 24 heavy (non-hydrogen) atoms. The number of unbranched alkanes of at least 4 members (excludes halogenated alkanes) is 9. The Morgan fingerprint density at radius 1 is 0.708 bits per heavy atom. The Hall–Kier alpha value is -1.62. The van der Waals surface area contributed by atoms with Crippen LogP contribution in [0.25, 0.3) is 0 Å². The average molecular weight is 331 g/mol. The van der Waals surface area contributed by atoms with Gasteiger partial charge in [-0.2, -0.15) is 0 Å². The monoisotopic (exact) mass is 330 g/mol. The van der Waals surface area contributed by atoms with Crippen LogP contribution in [0.15, 0.2) is 24.3 Å². The van der Waals surface area contributed by atoms with Crippen LogP contribution in [-0.2, 0) is 0 Å². The molecule has 0 unspecified atom stereocenters. The lowest BCUT2D eigenvalue weighted by Gasteiger charge is -2.06. The number of rotatable bonds is 13. The minimum atomic E-state index is 0.772. The number of ether oxygens (including phenoxy) is 2. The highest BCUT2D eigenvalue weighted by Gasteiger charge is 1.97. The molecule has 0 fully saturated rings. The Labute approximate surface area is 148 Å². The fourth-order valence-electron chi connectivity index (χ4n) is 2.48. The van der Waals surface area contributed by atoms with E-state index in [-0.39, 0.29) is 0 Å². The zero-order valence-electron chi connectivity index (χ0n) is 15.6. The van der Waals surface area contributed by atoms with Crippen molar-refractivity contribution in [1.82, 2.24) is 0 Å². The first-order chi connectivity index (χ1) is 11.9. The molecule has 0 spiro atoms. The van der Waals surface area contributed by atoms with E-state index in [1.807, 2.05) is 24.3 Å². The second kappa shape index (κ2) is 14.9. The highest BCUT2D eigenvalue weighted by atomic mass is 16.5. The molecule has 0 N–H and O–H groups in total. The number of hydrogen-bond acceptors (Lipinski definition) is 2. The lowest BCUT2D eigenvalue weighted by molar-refractivity contribution is 0.304. The third-order valence-electron chi connectivity index (χ3n) is 3.96. The van der Waals surface area contributed by atoms with Crippen LogP contribution in [-0.4, -0.2) is 6.61 Å². The zero-order valence-corrected chi connectivity index (χ0v) is 15.6. The van der Waals surface area contributed by atoms with Gasteiger partial charge in [-0.25, -0.2) is 0 Å². The summed E-state index contributed by atoms with van der Waals surface area (Å²) in [7, 11) is 0. The minimum Gasteiger partial charge on any atom is -0.494 e. The van der Waals surface area contributed by atoms with Gasteiger partial charge in [0, 0.05) is 6.42 Å². The van der Waals surface area contributed by atoms with Crippen LogP contribution in [0.5, 0.6) is 11.5 Å². The van der Waals surface area contributed by atoms with Gasteiger partial charge in [0.2, 0.25) is 0 Å². The van der Waals surface area contributed by atoms with Gasteiger partial charge in [-0.05, 0) is 37.1 Å². The van der Waals surface area contributed by atoms with Crippen molar-refractivity contribution >= 4 is 0 Å². The maximum absolute atomic E-state index is 5.77. The van der Waals surface area contributed by atoms with Crippen LogP contribution in [0.2, 0.25) is 0 Å². The first kappa shape index (κ1) is 20.4. The van der Waals surface area contributed by atoms with Gasteiger partial charge in [0.05, 0.1) is 6.61 Å². The molecule has 1 aromatic rings. The third-order valence-corrected chi connectivity index (χ3v) is 3.96. The second-order valence-electron chi connectivity index (χ2n) is 6.28. The maximum Gasteiger partial charge on any atom is 0.140 e. The van der Waals surface area contributed by atoms with Gasteiger partial charge in [0.1, 0.15) is 17.6 Å². The van der Waals surface area contributed by atoms with Crippen molar-refractivity contribution < 1.29 is 9.47 Å². The molecule has 0 radical (unpaired) electrons. The Morgan fingerprint density at radius 2 is 1.29 bits per heavy atom. The van der Waals surface area contributed by atoms with E-state index in [2.05, 4.69) is 25.9 Å². The smallest absolute Gasteiger partial charge is 0.140 e. The Balaban J connectivity index is 2.02. The van der Waals surface area contributed by atoms with Crippen molar-refractivity contribution in [3.63, 3.8) is 0 Å². The summed E-state index contributed by atoms with van der Waals surface area (Å²) in [6.45, 7) is 5.17. The first-order valence-electron chi connectivity index (χ1n) is 9.74. The van der Waals surface area contributed by atoms with Gasteiger partial charge in [-0.3, -0.25) is 0 Å². The lowest BCUT2D eigenvalue weighted by atomic mass is 10.1. The van der Waals surface area contributed by atoms with Gasteiger partial charge in [0.25, 0.3) is 0 Å². The molecular weight excluding hydrogens is 296 g/mol. The third kappa shape index (κ3) is 11.0. The Morgan fingerprint density at radius 3 is 1.92 bits per heavy atom. The van der Waals surface area contributed by atoms with E-state index in [0.29, 0.717) is 0 Å². The van der Waals surface area contributed by atoms with Crippen molar-refractivity contribution in [3.8, 4) is 23.5 Å². The van der Waals surface area contributed by atoms with E-state index in [4.69, 9.17) is 9.47 Å². The summed E-state index contributed by atoms with van der Waals surface area (Å²) < 4.78 is 11.1. The molecule has 0 atom stereocenters. The number of benzene rings is 1. The summed E-state index contributed by atoms with van der Waals surface area (Å²) in [4.78, 5) is 0. The Bertz CT molecular complexity index is 453. The molecule has 0 saturated carbocycles. The molecule has 0 heterocycles. The predicted octanol–water partition coefficient (Wildman–Crippen LogP) is 6.74. The second-order valence-corrected chi connectivity index (χ2v) is 6.28. The van der Waals surface area contributed by atoms with Crippen LogP contribution in [0.3, 0.4) is 0 Å². The van der Waals surface area contributed by atoms with Crippen molar-refractivity contribution in [1.29, 1.82) is 0 Å². The molecule has 0 amide bonds. The van der Waals surface area contributed by atoms with Crippen LogP contribution in [0.4, 0.5) is 0 Å². The van der Waals surface area contributed by atoms with Crippen molar-refractivity contribution in [2.45, 2.75) is 84.5 Å². The summed E-state index contributed by atoms with van der Waals surface area (Å²) in [5, 5.41) is 0. The van der Waals surface area contributed by atoms with E-state index in [1.54, 1.807) is 0 Å². The summed E-state index contributed by atoms with van der Waals surface area (Å²) >= 11 is 0. The molecule has 0 aliphatic carbocycles. The zero-order chi connectivity index (χ0) is 17.3. The number of hydrogen-bond donors (Lipinski definition) is 0. The minimum absolute atomic E-state index is 0.772. The fraction of sp³-hybridized carbons (Fsp3) is 0.636. The molecule has 2 heteroatoms. The van der Waals surface area contributed by atoms with E-state index in [0.717, 1.165) is 37.4 Å². The quantitative estimate of drug-likeness (QED) is 0.295. The van der Waals surface area contributed by atoms with E-state index >= 15 is 0 Å². The highest BCUT2D eigenvalue weighted by Crippen LogP contribution is 2.18. The van der Waals surface area contributed by atoms with Gasteiger partial charge in [-0.1, -0.05) is 71.1 Å². The van der Waals surface area contributed by atoms with Crippen LogP contribution in [0, 0.1) is 12.0 Å². The summed E-state index contributed by atoms with van der Waals surface area (Å²) in [5.74, 6) is 4.65. The molecule has 1 rings (SSSR count). The molecule has 0 saturated heterocycles. The van der Waals surface area contributed by atoms with Gasteiger partial charge < -0.3 is 9.47 Å². The summed E-state index contributed by atoms with van der Waals surface area (Å²) in [6, 6.07) is 7.72. The van der Waals surface area contributed by atoms with Crippen molar-refractivity contribution in [3.05, 3.63) is 24.3 Å². The Kier molecular flexibility index (Phi) is 12.7. The van der Waals surface area contributed by atoms with E-state index in [9.17, 15) is 0 Å². The molecule has 0 aliphatic rings. The standard InChI is InChI=1S/C22H34O2/c1-3-5-7-8-9-10-11-12-14-20-24-22-17-15-21(16-18-22)23-19-13-6-4-2/h15-18H,3-12,14,20H2,1-2H3. The van der Waals surface area contributed by atoms with E-state index < -0.39 is 0 Å². The summed E-state index contributed by atoms with van der Waals surface area (Å²) in [6.07, 6.45) is 16.7. The first-order valence-corrected chi connectivity index (χ1v) is 9.74. The van der Waals surface area contributed by atoms with Gasteiger partial charge in [-0.15, -0.1) is 0 Å². The van der Waals surface area contributed by atoms with Gasteiger partial charge in [0.15, 0.2) is 0 Å². The van der Waals surface area contributed by atoms with Crippen molar-refractivity contribution in [2.75, 3.05) is 6.61 Å². The molecule has 0 bridgehead atoms. The topological polar surface area (TPSA) is 18.5 Å². The van der Waals surface area contributed by atoms with Gasteiger partial charge >= 0.3 is 0 Å². The van der Waals surface area contributed by atoms with E-state index in [1.165, 1.54) is 51.4 Å². The van der Waals surface area contributed by atoms with Crippen LogP contribution < -0.4 is 9.47 Å². The fourth-order valence-corrected chi connectivity index (χ4v) is 2.48.